The van der Waals surface area contributed by atoms with E-state index < -0.39 is 11.3 Å². The van der Waals surface area contributed by atoms with Crippen molar-refractivity contribution >= 4 is 17.9 Å². The zero-order valence-corrected chi connectivity index (χ0v) is 17.2. The molecule has 0 fully saturated rings. The van der Waals surface area contributed by atoms with Crippen LogP contribution < -0.4 is 20.3 Å². The maximum atomic E-state index is 12.9. The number of amides is 1. The number of ether oxygens (including phenoxy) is 1. The maximum absolute atomic E-state index is 12.9. The normalized spacial score (nSPS) is 10.4. The summed E-state index contributed by atoms with van der Waals surface area (Å²) in [6.07, 6.45) is 3.86. The minimum absolute atomic E-state index is 0.0308. The number of nitrogens with zero attached hydrogens (tertiary/aromatic N) is 1. The van der Waals surface area contributed by atoms with Crippen molar-refractivity contribution in [3.05, 3.63) is 93.9 Å². The molecule has 3 rings (SSSR count). The lowest BCUT2D eigenvalue weighted by atomic mass is 10.2. The molecule has 0 radical (unpaired) electrons. The SMILES string of the molecule is CCCCOc1cn(OCc2ccccc2)c(C(=O)Nc2ccc(C=O)cc2)cc1=O. The van der Waals surface area contributed by atoms with E-state index in [1.807, 2.05) is 37.3 Å². The van der Waals surface area contributed by atoms with Crippen LogP contribution in [0.4, 0.5) is 5.69 Å². The molecule has 1 N–H and O–H groups in total. The molecule has 1 amide bonds. The number of unbranched alkanes of at least 4 members (excludes halogenated alkanes) is 1. The van der Waals surface area contributed by atoms with Crippen LogP contribution in [0, 0.1) is 0 Å². The highest BCUT2D eigenvalue weighted by Crippen LogP contribution is 2.13. The maximum Gasteiger partial charge on any atom is 0.275 e. The van der Waals surface area contributed by atoms with E-state index in [9.17, 15) is 14.4 Å². The van der Waals surface area contributed by atoms with Crippen LogP contribution in [-0.4, -0.2) is 23.5 Å². The summed E-state index contributed by atoms with van der Waals surface area (Å²) in [7, 11) is 0. The third kappa shape index (κ3) is 6.05. The smallest absolute Gasteiger partial charge is 0.275 e. The average Bonchev–Trinajstić information content (AvgIpc) is 2.80. The van der Waals surface area contributed by atoms with Crippen molar-refractivity contribution in [2.45, 2.75) is 26.4 Å². The summed E-state index contributed by atoms with van der Waals surface area (Å²) in [5.74, 6) is -0.405. The number of pyridine rings is 1. The summed E-state index contributed by atoms with van der Waals surface area (Å²) in [6, 6.07) is 17.1. The van der Waals surface area contributed by atoms with Crippen LogP contribution in [-0.2, 0) is 6.61 Å². The van der Waals surface area contributed by atoms with Gasteiger partial charge in [0.25, 0.3) is 5.91 Å². The van der Waals surface area contributed by atoms with Gasteiger partial charge < -0.3 is 14.9 Å². The van der Waals surface area contributed by atoms with Gasteiger partial charge in [-0.25, -0.2) is 0 Å². The Morgan fingerprint density at radius 3 is 2.52 bits per heavy atom. The first kappa shape index (κ1) is 21.8. The Kier molecular flexibility index (Phi) is 7.59. The Hall–Kier alpha value is -3.87. The molecule has 0 aliphatic carbocycles. The van der Waals surface area contributed by atoms with E-state index in [2.05, 4.69) is 5.32 Å². The van der Waals surface area contributed by atoms with Crippen LogP contribution in [0.25, 0.3) is 0 Å². The number of hydrogen-bond donors (Lipinski definition) is 1. The van der Waals surface area contributed by atoms with Crippen molar-refractivity contribution < 1.29 is 19.2 Å². The summed E-state index contributed by atoms with van der Waals surface area (Å²) >= 11 is 0. The molecule has 7 heteroatoms. The fourth-order valence-corrected chi connectivity index (χ4v) is 2.76. The van der Waals surface area contributed by atoms with Gasteiger partial charge in [0.15, 0.2) is 5.75 Å². The lowest BCUT2D eigenvalue weighted by molar-refractivity contribution is 0.0775. The molecule has 0 saturated heterocycles. The molecule has 3 aromatic rings. The zero-order chi connectivity index (χ0) is 22.1. The molecule has 0 atom stereocenters. The highest BCUT2D eigenvalue weighted by Gasteiger charge is 2.16. The molecule has 0 saturated carbocycles. The van der Waals surface area contributed by atoms with Crippen LogP contribution in [0.15, 0.2) is 71.7 Å². The molecule has 160 valence electrons. The van der Waals surface area contributed by atoms with Gasteiger partial charge >= 0.3 is 0 Å². The Morgan fingerprint density at radius 1 is 1.10 bits per heavy atom. The summed E-state index contributed by atoms with van der Waals surface area (Å²) in [6.45, 7) is 2.63. The second-order valence-electron chi connectivity index (χ2n) is 6.87. The van der Waals surface area contributed by atoms with Gasteiger partial charge in [-0.1, -0.05) is 43.7 Å². The van der Waals surface area contributed by atoms with Crippen molar-refractivity contribution in [1.29, 1.82) is 0 Å². The first-order chi connectivity index (χ1) is 15.1. The van der Waals surface area contributed by atoms with Gasteiger partial charge in [-0.15, -0.1) is 0 Å². The predicted molar refractivity (Wildman–Crippen MR) is 118 cm³/mol. The summed E-state index contributed by atoms with van der Waals surface area (Å²) in [5.41, 5.74) is 1.52. The van der Waals surface area contributed by atoms with E-state index in [-0.39, 0.29) is 18.1 Å². The van der Waals surface area contributed by atoms with Gasteiger partial charge in [0.05, 0.1) is 12.8 Å². The number of hydrogen-bond acceptors (Lipinski definition) is 5. The third-order valence-corrected chi connectivity index (χ3v) is 4.49. The molecule has 0 aliphatic heterocycles. The number of rotatable bonds is 10. The van der Waals surface area contributed by atoms with E-state index in [4.69, 9.17) is 9.57 Å². The highest BCUT2D eigenvalue weighted by atomic mass is 16.7. The van der Waals surface area contributed by atoms with Crippen LogP contribution in [0.2, 0.25) is 0 Å². The van der Waals surface area contributed by atoms with Crippen LogP contribution in [0.1, 0.15) is 46.2 Å². The molecular weight excluding hydrogens is 396 g/mol. The van der Waals surface area contributed by atoms with Gasteiger partial charge in [0.1, 0.15) is 18.6 Å². The van der Waals surface area contributed by atoms with Crippen LogP contribution in [0.3, 0.4) is 0 Å². The Bertz CT molecular complexity index is 1080. The number of anilines is 1. The molecule has 1 aromatic heterocycles. The quantitative estimate of drug-likeness (QED) is 0.399. The number of carbonyl (C=O) groups is 2. The molecular formula is C24H24N2O5. The molecule has 31 heavy (non-hydrogen) atoms. The Balaban J connectivity index is 1.86. The number of carbonyl (C=O) groups excluding carboxylic acids is 2. The molecule has 0 unspecified atom stereocenters. The minimum atomic E-state index is -0.524. The van der Waals surface area contributed by atoms with Gasteiger partial charge in [0.2, 0.25) is 5.43 Å². The van der Waals surface area contributed by atoms with E-state index in [0.717, 1.165) is 24.7 Å². The minimum Gasteiger partial charge on any atom is -0.488 e. The molecule has 1 heterocycles. The van der Waals surface area contributed by atoms with Gasteiger partial charge in [0, 0.05) is 17.3 Å². The fraction of sp³-hybridized carbons (Fsp3) is 0.208. The first-order valence-corrected chi connectivity index (χ1v) is 10.0. The van der Waals surface area contributed by atoms with Crippen LogP contribution >= 0.6 is 0 Å². The lowest BCUT2D eigenvalue weighted by Gasteiger charge is -2.16. The second kappa shape index (κ2) is 10.8. The predicted octanol–water partition coefficient (Wildman–Crippen LogP) is 3.72. The Labute approximate surface area is 180 Å². The van der Waals surface area contributed by atoms with Crippen molar-refractivity contribution in [3.63, 3.8) is 0 Å². The monoisotopic (exact) mass is 420 g/mol. The fourth-order valence-electron chi connectivity index (χ4n) is 2.76. The molecule has 0 spiro atoms. The van der Waals surface area contributed by atoms with Gasteiger partial charge in [-0.3, -0.25) is 14.4 Å². The number of aromatic nitrogens is 1. The standard InChI is InChI=1S/C24H24N2O5/c1-2-3-13-30-23-15-26(31-17-19-7-5-4-6-8-19)21(14-22(23)28)24(29)25-20-11-9-18(16-27)10-12-20/h4-12,14-16H,2-3,13,17H2,1H3,(H,25,29). The van der Waals surface area contributed by atoms with E-state index >= 15 is 0 Å². The number of benzene rings is 2. The third-order valence-electron chi connectivity index (χ3n) is 4.49. The average molecular weight is 420 g/mol. The topological polar surface area (TPSA) is 86.6 Å². The van der Waals surface area contributed by atoms with Crippen molar-refractivity contribution in [3.8, 4) is 5.75 Å². The molecule has 7 nitrogen and oxygen atoms in total. The van der Waals surface area contributed by atoms with E-state index in [0.29, 0.717) is 17.9 Å². The number of nitrogens with one attached hydrogen (secondary N) is 1. The van der Waals surface area contributed by atoms with Gasteiger partial charge in [-0.2, -0.15) is 4.73 Å². The molecule has 0 bridgehead atoms. The van der Waals surface area contributed by atoms with Crippen molar-refractivity contribution in [2.75, 3.05) is 11.9 Å². The van der Waals surface area contributed by atoms with Crippen molar-refractivity contribution in [1.82, 2.24) is 4.73 Å². The summed E-state index contributed by atoms with van der Waals surface area (Å²) in [5, 5.41) is 2.71. The van der Waals surface area contributed by atoms with Gasteiger partial charge in [-0.05, 0) is 36.2 Å². The first-order valence-electron chi connectivity index (χ1n) is 10.0. The molecule has 2 aromatic carbocycles. The largest absolute Gasteiger partial charge is 0.488 e. The summed E-state index contributed by atoms with van der Waals surface area (Å²) in [4.78, 5) is 42.0. The van der Waals surface area contributed by atoms with Crippen LogP contribution in [0.5, 0.6) is 5.75 Å². The number of aldehydes is 1. The van der Waals surface area contributed by atoms with E-state index in [1.54, 1.807) is 24.3 Å². The molecule has 0 aliphatic rings. The second-order valence-corrected chi connectivity index (χ2v) is 6.87. The highest BCUT2D eigenvalue weighted by molar-refractivity contribution is 6.03. The van der Waals surface area contributed by atoms with E-state index in [1.165, 1.54) is 17.0 Å². The van der Waals surface area contributed by atoms with Crippen molar-refractivity contribution in [2.24, 2.45) is 0 Å². The lowest BCUT2D eigenvalue weighted by Crippen LogP contribution is -2.27. The Morgan fingerprint density at radius 2 is 1.84 bits per heavy atom. The zero-order valence-electron chi connectivity index (χ0n) is 17.2. The summed E-state index contributed by atoms with van der Waals surface area (Å²) < 4.78 is 6.83.